The summed E-state index contributed by atoms with van der Waals surface area (Å²) in [4.78, 5) is 18.8. The molecular formula is C22H27BrN2O4. The van der Waals surface area contributed by atoms with Gasteiger partial charge in [0.25, 0.3) is 0 Å². The van der Waals surface area contributed by atoms with Gasteiger partial charge >= 0.3 is 6.09 Å². The molecule has 6 nitrogen and oxygen atoms in total. The maximum absolute atomic E-state index is 12.2. The number of rotatable bonds is 4. The Hall–Kier alpha value is -2.02. The molecule has 1 amide bonds. The van der Waals surface area contributed by atoms with Crippen molar-refractivity contribution in [3.05, 3.63) is 27.9 Å². The van der Waals surface area contributed by atoms with E-state index in [0.29, 0.717) is 19.0 Å². The number of likely N-dealkylation sites (tertiary alicyclic amines) is 1. The number of aromatic nitrogens is 1. The molecule has 2 heterocycles. The van der Waals surface area contributed by atoms with Crippen molar-refractivity contribution in [2.45, 2.75) is 58.1 Å². The van der Waals surface area contributed by atoms with Gasteiger partial charge in [0.1, 0.15) is 11.9 Å². The van der Waals surface area contributed by atoms with Gasteiger partial charge in [-0.15, -0.1) is 0 Å². The molecule has 1 fully saturated rings. The zero-order chi connectivity index (χ0) is 20.5. The van der Waals surface area contributed by atoms with Crippen LogP contribution in [-0.4, -0.2) is 48.4 Å². The molecular weight excluding hydrogens is 436 g/mol. The highest BCUT2D eigenvalue weighted by atomic mass is 79.9. The zero-order valence-electron chi connectivity index (χ0n) is 17.2. The van der Waals surface area contributed by atoms with Crippen LogP contribution in [0.5, 0.6) is 11.6 Å². The van der Waals surface area contributed by atoms with E-state index in [2.05, 4.69) is 22.0 Å². The monoisotopic (exact) mass is 462 g/mol. The Balaban J connectivity index is 1.69. The molecule has 7 heteroatoms. The van der Waals surface area contributed by atoms with E-state index in [0.717, 1.165) is 52.4 Å². The van der Waals surface area contributed by atoms with Gasteiger partial charge in [0.05, 0.1) is 24.7 Å². The van der Waals surface area contributed by atoms with Gasteiger partial charge in [0.15, 0.2) is 0 Å². The SMILES string of the molecule is CCOC(=O)N1C[C@H](Oc2nc3c(c4cc(OC)c(Br)cc24)CCCC3)C[C@H]1C. The van der Waals surface area contributed by atoms with E-state index in [1.165, 1.54) is 12.0 Å². The first-order valence-electron chi connectivity index (χ1n) is 10.3. The number of hydrogen-bond donors (Lipinski definition) is 0. The van der Waals surface area contributed by atoms with E-state index in [4.69, 9.17) is 19.2 Å². The molecule has 1 aromatic heterocycles. The second-order valence-electron chi connectivity index (χ2n) is 7.76. The van der Waals surface area contributed by atoms with Crippen molar-refractivity contribution >= 4 is 32.8 Å². The van der Waals surface area contributed by atoms with Crippen molar-refractivity contribution in [2.75, 3.05) is 20.3 Å². The Morgan fingerprint density at radius 1 is 1.28 bits per heavy atom. The number of ether oxygens (including phenoxy) is 3. The van der Waals surface area contributed by atoms with Crippen molar-refractivity contribution in [3.63, 3.8) is 0 Å². The number of amides is 1. The van der Waals surface area contributed by atoms with Crippen LogP contribution in [-0.2, 0) is 17.6 Å². The van der Waals surface area contributed by atoms with Gasteiger partial charge in [-0.1, -0.05) is 0 Å². The van der Waals surface area contributed by atoms with Crippen molar-refractivity contribution in [1.82, 2.24) is 9.88 Å². The number of carbonyl (C=O) groups is 1. The first-order valence-corrected chi connectivity index (χ1v) is 11.1. The first kappa shape index (κ1) is 20.3. The number of aryl methyl sites for hydroxylation is 2. The first-order chi connectivity index (χ1) is 14.0. The summed E-state index contributed by atoms with van der Waals surface area (Å²) in [5.41, 5.74) is 2.42. The highest BCUT2D eigenvalue weighted by molar-refractivity contribution is 9.10. The number of hydrogen-bond acceptors (Lipinski definition) is 5. The molecule has 1 aliphatic carbocycles. The fourth-order valence-electron chi connectivity index (χ4n) is 4.40. The Labute approximate surface area is 179 Å². The molecule has 1 aliphatic heterocycles. The molecule has 0 saturated carbocycles. The van der Waals surface area contributed by atoms with Crippen LogP contribution >= 0.6 is 15.9 Å². The Bertz CT molecular complexity index is 933. The lowest BCUT2D eigenvalue weighted by molar-refractivity contribution is 0.101. The van der Waals surface area contributed by atoms with E-state index in [1.807, 2.05) is 19.9 Å². The summed E-state index contributed by atoms with van der Waals surface area (Å²) in [5, 5.41) is 2.14. The quantitative estimate of drug-likeness (QED) is 0.647. The molecule has 29 heavy (non-hydrogen) atoms. The summed E-state index contributed by atoms with van der Waals surface area (Å²) in [6, 6.07) is 4.20. The van der Waals surface area contributed by atoms with Crippen molar-refractivity contribution in [1.29, 1.82) is 0 Å². The molecule has 0 bridgehead atoms. The second-order valence-corrected chi connectivity index (χ2v) is 8.61. The molecule has 1 saturated heterocycles. The van der Waals surface area contributed by atoms with Crippen LogP contribution in [0.25, 0.3) is 10.8 Å². The van der Waals surface area contributed by atoms with Gasteiger partial charge in [0, 0.05) is 23.5 Å². The third-order valence-electron chi connectivity index (χ3n) is 5.84. The van der Waals surface area contributed by atoms with E-state index < -0.39 is 0 Å². The number of methoxy groups -OCH3 is 1. The Kier molecular flexibility index (Phi) is 5.86. The van der Waals surface area contributed by atoms with Crippen molar-refractivity contribution in [3.8, 4) is 11.6 Å². The summed E-state index contributed by atoms with van der Waals surface area (Å²) < 4.78 is 18.0. The van der Waals surface area contributed by atoms with Gasteiger partial charge in [-0.2, -0.15) is 0 Å². The molecule has 2 aromatic rings. The van der Waals surface area contributed by atoms with Gasteiger partial charge < -0.3 is 19.1 Å². The van der Waals surface area contributed by atoms with Crippen LogP contribution in [0.2, 0.25) is 0 Å². The van der Waals surface area contributed by atoms with E-state index in [9.17, 15) is 4.79 Å². The average Bonchev–Trinajstić information content (AvgIpc) is 3.08. The zero-order valence-corrected chi connectivity index (χ0v) is 18.8. The van der Waals surface area contributed by atoms with Gasteiger partial charge in [0.2, 0.25) is 5.88 Å². The van der Waals surface area contributed by atoms with E-state index in [1.54, 1.807) is 12.0 Å². The largest absolute Gasteiger partial charge is 0.496 e. The third kappa shape index (κ3) is 3.89. The van der Waals surface area contributed by atoms with E-state index >= 15 is 0 Å². The van der Waals surface area contributed by atoms with Crippen LogP contribution in [0, 0.1) is 0 Å². The maximum atomic E-state index is 12.2. The summed E-state index contributed by atoms with van der Waals surface area (Å²) in [5.74, 6) is 1.46. The smallest absolute Gasteiger partial charge is 0.410 e. The predicted octanol–water partition coefficient (Wildman–Crippen LogP) is 4.88. The minimum Gasteiger partial charge on any atom is -0.496 e. The number of halogens is 1. The third-order valence-corrected chi connectivity index (χ3v) is 6.46. The molecule has 0 radical (unpaired) electrons. The average molecular weight is 463 g/mol. The lowest BCUT2D eigenvalue weighted by atomic mass is 9.91. The van der Waals surface area contributed by atoms with Gasteiger partial charge in [-0.3, -0.25) is 0 Å². The molecule has 2 aliphatic rings. The van der Waals surface area contributed by atoms with Crippen LogP contribution in [0.4, 0.5) is 4.79 Å². The maximum Gasteiger partial charge on any atom is 0.410 e. The standard InChI is InChI=1S/C22H27BrN2O4/c1-4-28-22(26)25-12-14(9-13(25)2)29-21-17-10-18(23)20(27-3)11-16(17)15-7-5-6-8-19(15)24-21/h10-11,13-14H,4-9,12H2,1-3H3/t13-,14-/m1/s1. The molecule has 2 atom stereocenters. The Morgan fingerprint density at radius 3 is 2.83 bits per heavy atom. The molecule has 156 valence electrons. The van der Waals surface area contributed by atoms with Crippen LogP contribution < -0.4 is 9.47 Å². The normalized spacial score (nSPS) is 21.2. The number of pyridine rings is 1. The molecule has 0 unspecified atom stereocenters. The molecule has 1 aromatic carbocycles. The lowest BCUT2D eigenvalue weighted by Crippen LogP contribution is -2.35. The lowest BCUT2D eigenvalue weighted by Gasteiger charge is -2.22. The van der Waals surface area contributed by atoms with Gasteiger partial charge in [-0.05, 0) is 78.5 Å². The summed E-state index contributed by atoms with van der Waals surface area (Å²) in [7, 11) is 1.68. The van der Waals surface area contributed by atoms with Crippen LogP contribution in [0.1, 0.15) is 44.4 Å². The summed E-state index contributed by atoms with van der Waals surface area (Å²) >= 11 is 3.60. The summed E-state index contributed by atoms with van der Waals surface area (Å²) in [6.45, 7) is 4.74. The number of carbonyl (C=O) groups excluding carboxylic acids is 1. The Morgan fingerprint density at radius 2 is 2.07 bits per heavy atom. The van der Waals surface area contributed by atoms with Gasteiger partial charge in [-0.25, -0.2) is 9.78 Å². The minimum atomic E-state index is -0.276. The van der Waals surface area contributed by atoms with Crippen molar-refractivity contribution in [2.24, 2.45) is 0 Å². The predicted molar refractivity (Wildman–Crippen MR) is 115 cm³/mol. The number of benzene rings is 1. The molecule has 0 N–H and O–H groups in total. The highest BCUT2D eigenvalue weighted by Crippen LogP contribution is 2.39. The minimum absolute atomic E-state index is 0.0785. The second kappa shape index (κ2) is 8.38. The van der Waals surface area contributed by atoms with Crippen molar-refractivity contribution < 1.29 is 19.0 Å². The van der Waals surface area contributed by atoms with Crippen LogP contribution in [0.3, 0.4) is 0 Å². The van der Waals surface area contributed by atoms with Crippen LogP contribution in [0.15, 0.2) is 16.6 Å². The summed E-state index contributed by atoms with van der Waals surface area (Å²) in [6.07, 6.45) is 4.70. The topological polar surface area (TPSA) is 60.9 Å². The van der Waals surface area contributed by atoms with E-state index in [-0.39, 0.29) is 18.2 Å². The fourth-order valence-corrected chi connectivity index (χ4v) is 4.90. The number of fused-ring (bicyclic) bond motifs is 3. The molecule has 0 spiro atoms. The highest BCUT2D eigenvalue weighted by Gasteiger charge is 2.35. The number of nitrogens with zero attached hydrogens (tertiary/aromatic N) is 2. The molecule has 4 rings (SSSR count). The fraction of sp³-hybridized carbons (Fsp3) is 0.545.